The second kappa shape index (κ2) is 13.2. The van der Waals surface area contributed by atoms with E-state index in [2.05, 4.69) is 5.32 Å². The fraction of sp³-hybridized carbons (Fsp3) is 0.462. The zero-order valence-electron chi connectivity index (χ0n) is 20.9. The molecule has 7 nitrogen and oxygen atoms in total. The number of carbonyl (C=O) groups is 2. The number of nitrogens with one attached hydrogen (secondary N) is 1. The van der Waals surface area contributed by atoms with Crippen molar-refractivity contribution in [1.29, 1.82) is 0 Å². The van der Waals surface area contributed by atoms with Crippen LogP contribution in [0.25, 0.3) is 0 Å². The Morgan fingerprint density at radius 3 is 2.22 bits per heavy atom. The maximum absolute atomic E-state index is 13.7. The van der Waals surface area contributed by atoms with Crippen LogP contribution in [0.4, 0.5) is 5.69 Å². The van der Waals surface area contributed by atoms with Crippen molar-refractivity contribution >= 4 is 62.3 Å². The van der Waals surface area contributed by atoms with Crippen molar-refractivity contribution < 1.29 is 18.0 Å². The van der Waals surface area contributed by atoms with E-state index in [4.69, 9.17) is 34.8 Å². The van der Waals surface area contributed by atoms with Gasteiger partial charge in [0.2, 0.25) is 21.8 Å². The van der Waals surface area contributed by atoms with Gasteiger partial charge in [-0.05, 0) is 61.2 Å². The molecule has 202 valence electrons. The summed E-state index contributed by atoms with van der Waals surface area (Å²) >= 11 is 18.2. The van der Waals surface area contributed by atoms with E-state index in [9.17, 15) is 18.0 Å². The molecule has 2 aromatic carbocycles. The Morgan fingerprint density at radius 1 is 1.00 bits per heavy atom. The van der Waals surface area contributed by atoms with Gasteiger partial charge >= 0.3 is 0 Å². The molecule has 1 aliphatic carbocycles. The molecule has 0 aliphatic heterocycles. The van der Waals surface area contributed by atoms with Gasteiger partial charge in [-0.2, -0.15) is 0 Å². The van der Waals surface area contributed by atoms with Gasteiger partial charge in [0.15, 0.2) is 0 Å². The fourth-order valence-corrected chi connectivity index (χ4v) is 5.82. The Kier molecular flexibility index (Phi) is 10.5. The third kappa shape index (κ3) is 8.24. The lowest BCUT2D eigenvalue weighted by atomic mass is 9.95. The van der Waals surface area contributed by atoms with Crippen molar-refractivity contribution in [2.75, 3.05) is 17.1 Å². The van der Waals surface area contributed by atoms with Crippen molar-refractivity contribution in [3.05, 3.63) is 63.1 Å². The topological polar surface area (TPSA) is 86.8 Å². The number of rotatable bonds is 10. The molecule has 37 heavy (non-hydrogen) atoms. The quantitative estimate of drug-likeness (QED) is 0.388. The Labute approximate surface area is 234 Å². The molecule has 2 amide bonds. The summed E-state index contributed by atoms with van der Waals surface area (Å²) < 4.78 is 26.3. The van der Waals surface area contributed by atoms with Crippen LogP contribution in [0.15, 0.2) is 42.5 Å². The van der Waals surface area contributed by atoms with Crippen LogP contribution in [0.5, 0.6) is 0 Å². The first kappa shape index (κ1) is 29.6. The second-order valence-corrected chi connectivity index (χ2v) is 12.4. The summed E-state index contributed by atoms with van der Waals surface area (Å²) in [5, 5.41) is 4.24. The highest BCUT2D eigenvalue weighted by Gasteiger charge is 2.33. The smallest absolute Gasteiger partial charge is 0.244 e. The van der Waals surface area contributed by atoms with Crippen LogP contribution in [0.2, 0.25) is 15.1 Å². The van der Waals surface area contributed by atoms with Gasteiger partial charge < -0.3 is 10.2 Å². The van der Waals surface area contributed by atoms with Crippen molar-refractivity contribution in [3.8, 4) is 0 Å². The minimum atomic E-state index is -3.82. The first-order valence-corrected chi connectivity index (χ1v) is 15.2. The number of sulfonamides is 1. The molecule has 0 spiro atoms. The van der Waals surface area contributed by atoms with E-state index in [1.807, 2.05) is 6.92 Å². The highest BCUT2D eigenvalue weighted by molar-refractivity contribution is 7.92. The highest BCUT2D eigenvalue weighted by atomic mass is 35.5. The minimum Gasteiger partial charge on any atom is -0.352 e. The van der Waals surface area contributed by atoms with Crippen LogP contribution in [0.3, 0.4) is 0 Å². The second-order valence-electron chi connectivity index (χ2n) is 9.28. The van der Waals surface area contributed by atoms with E-state index in [0.717, 1.165) is 42.7 Å². The molecule has 0 bridgehead atoms. The van der Waals surface area contributed by atoms with Crippen LogP contribution >= 0.6 is 34.8 Å². The summed E-state index contributed by atoms with van der Waals surface area (Å²) in [5.74, 6) is -0.766. The monoisotopic (exact) mass is 587 g/mol. The Hall–Kier alpha value is -2.00. The molecule has 11 heteroatoms. The molecule has 1 aliphatic rings. The Balaban J connectivity index is 1.92. The molecule has 2 aromatic rings. The molecule has 1 fully saturated rings. The third-order valence-electron chi connectivity index (χ3n) is 6.47. The SMILES string of the molecule is CCC(C(=O)NC1CCCCC1)N(Cc1ccc(Cl)c(Cl)c1)C(=O)CN(c1ccc(Cl)cc1)S(C)(=O)=O. The van der Waals surface area contributed by atoms with Crippen LogP contribution in [-0.2, 0) is 26.2 Å². The van der Waals surface area contributed by atoms with Gasteiger partial charge in [0.25, 0.3) is 0 Å². The number of amides is 2. The zero-order chi connectivity index (χ0) is 27.2. The number of benzene rings is 2. The van der Waals surface area contributed by atoms with E-state index in [-0.39, 0.29) is 18.5 Å². The highest BCUT2D eigenvalue weighted by Crippen LogP contribution is 2.26. The van der Waals surface area contributed by atoms with Gasteiger partial charge in [-0.25, -0.2) is 8.42 Å². The Morgan fingerprint density at radius 2 is 1.65 bits per heavy atom. The number of hydrogen-bond donors (Lipinski definition) is 1. The summed E-state index contributed by atoms with van der Waals surface area (Å²) in [6.07, 6.45) is 6.45. The Bertz CT molecular complexity index is 1200. The normalized spacial score (nSPS) is 15.2. The lowest BCUT2D eigenvalue weighted by Gasteiger charge is -2.34. The molecule has 0 heterocycles. The van der Waals surface area contributed by atoms with Crippen molar-refractivity contribution in [1.82, 2.24) is 10.2 Å². The standard InChI is InChI=1S/C26H32Cl3N3O4S/c1-3-24(26(34)30-20-7-5-4-6-8-20)31(16-18-9-14-22(28)23(29)15-18)25(33)17-32(37(2,35)36)21-12-10-19(27)11-13-21/h9-15,20,24H,3-8,16-17H2,1-2H3,(H,30,34). The first-order chi connectivity index (χ1) is 17.5. The van der Waals surface area contributed by atoms with Crippen molar-refractivity contribution in [3.63, 3.8) is 0 Å². The van der Waals surface area contributed by atoms with Crippen LogP contribution in [0.1, 0.15) is 51.0 Å². The van der Waals surface area contributed by atoms with Crippen LogP contribution in [0, 0.1) is 0 Å². The molecule has 3 rings (SSSR count). The van der Waals surface area contributed by atoms with Crippen molar-refractivity contribution in [2.45, 2.75) is 64.1 Å². The largest absolute Gasteiger partial charge is 0.352 e. The summed E-state index contributed by atoms with van der Waals surface area (Å²) in [4.78, 5) is 28.6. The summed E-state index contributed by atoms with van der Waals surface area (Å²) in [7, 11) is -3.82. The number of hydrogen-bond acceptors (Lipinski definition) is 4. The summed E-state index contributed by atoms with van der Waals surface area (Å²) in [5.41, 5.74) is 0.971. The maximum Gasteiger partial charge on any atom is 0.244 e. The lowest BCUT2D eigenvalue weighted by Crippen LogP contribution is -2.53. The average molecular weight is 589 g/mol. The molecule has 0 aromatic heterocycles. The van der Waals surface area contributed by atoms with Gasteiger partial charge in [0.05, 0.1) is 22.0 Å². The minimum absolute atomic E-state index is 0.0601. The number of anilines is 1. The summed E-state index contributed by atoms with van der Waals surface area (Å²) in [6, 6.07) is 10.5. The van der Waals surface area contributed by atoms with Crippen LogP contribution < -0.4 is 9.62 Å². The molecule has 1 unspecified atom stereocenters. The van der Waals surface area contributed by atoms with E-state index in [1.54, 1.807) is 30.3 Å². The van der Waals surface area contributed by atoms with Gasteiger partial charge in [0.1, 0.15) is 12.6 Å². The fourth-order valence-electron chi connectivity index (χ4n) is 4.52. The van der Waals surface area contributed by atoms with Gasteiger partial charge in [-0.15, -0.1) is 0 Å². The van der Waals surface area contributed by atoms with Crippen LogP contribution in [-0.4, -0.2) is 50.0 Å². The molecular formula is C26H32Cl3N3O4S. The predicted octanol–water partition coefficient (Wildman–Crippen LogP) is 5.67. The zero-order valence-corrected chi connectivity index (χ0v) is 24.0. The molecule has 0 radical (unpaired) electrons. The number of halogens is 3. The van der Waals surface area contributed by atoms with E-state index in [0.29, 0.717) is 32.7 Å². The third-order valence-corrected chi connectivity index (χ3v) is 8.60. The van der Waals surface area contributed by atoms with Gasteiger partial charge in [-0.3, -0.25) is 13.9 Å². The molecule has 1 N–H and O–H groups in total. The molecule has 1 saturated carbocycles. The first-order valence-electron chi connectivity index (χ1n) is 12.3. The molecular weight excluding hydrogens is 557 g/mol. The van der Waals surface area contributed by atoms with E-state index >= 15 is 0 Å². The lowest BCUT2D eigenvalue weighted by molar-refractivity contribution is -0.140. The predicted molar refractivity (Wildman–Crippen MR) is 150 cm³/mol. The average Bonchev–Trinajstić information content (AvgIpc) is 2.85. The number of carbonyl (C=O) groups excluding carboxylic acids is 2. The maximum atomic E-state index is 13.7. The summed E-state index contributed by atoms with van der Waals surface area (Å²) in [6.45, 7) is 1.41. The van der Waals surface area contributed by atoms with Crippen molar-refractivity contribution in [2.24, 2.45) is 0 Å². The van der Waals surface area contributed by atoms with E-state index < -0.39 is 28.5 Å². The molecule has 1 atom stereocenters. The number of nitrogens with zero attached hydrogens (tertiary/aromatic N) is 2. The van der Waals surface area contributed by atoms with E-state index in [1.165, 1.54) is 17.0 Å². The molecule has 0 saturated heterocycles. The van der Waals surface area contributed by atoms with Gasteiger partial charge in [-0.1, -0.05) is 67.1 Å². The van der Waals surface area contributed by atoms with Gasteiger partial charge in [0, 0.05) is 17.6 Å².